The number of H-pyrrole nitrogens is 1. The summed E-state index contributed by atoms with van der Waals surface area (Å²) >= 11 is 0. The molecule has 1 aromatic heterocycles. The molecule has 0 bridgehead atoms. The Morgan fingerprint density at radius 1 is 0.970 bits per heavy atom. The lowest BCUT2D eigenvalue weighted by Gasteiger charge is -2.32. The summed E-state index contributed by atoms with van der Waals surface area (Å²) in [5.41, 5.74) is 1.89. The number of hydrogen-bond donors (Lipinski definition) is 2. The molecule has 0 atom stereocenters. The van der Waals surface area contributed by atoms with Crippen molar-refractivity contribution in [3.05, 3.63) is 71.8 Å². The molecule has 0 unspecified atom stereocenters. The van der Waals surface area contributed by atoms with Crippen molar-refractivity contribution in [2.24, 2.45) is 0 Å². The fourth-order valence-electron chi connectivity index (χ4n) is 3.98. The van der Waals surface area contributed by atoms with Gasteiger partial charge in [0.1, 0.15) is 0 Å². The van der Waals surface area contributed by atoms with Gasteiger partial charge >= 0.3 is 6.18 Å². The van der Waals surface area contributed by atoms with Gasteiger partial charge in [-0.25, -0.2) is 0 Å². The molecule has 174 valence electrons. The topological polar surface area (TPSA) is 51.4 Å². The van der Waals surface area contributed by atoms with Crippen molar-refractivity contribution in [1.29, 1.82) is 0 Å². The van der Waals surface area contributed by atoms with E-state index >= 15 is 0 Å². The monoisotopic (exact) mass is 456 g/mol. The number of nitrogens with zero attached hydrogens (tertiary/aromatic N) is 2. The standard InChI is InChI=1S/C25H27F3N4O/c1-31-12-14-32(15-13-31)11-10-29-24(33)21-17-22(30-23(21)18-6-3-2-4-7-18)19-8-5-9-20(16-19)25(26,27)28/h2-9,16-17,30H,10-15H2,1H3,(H,29,33). The number of aromatic amines is 1. The first-order valence-corrected chi connectivity index (χ1v) is 11.0. The highest BCUT2D eigenvalue weighted by molar-refractivity contribution is 6.01. The highest BCUT2D eigenvalue weighted by atomic mass is 19.4. The number of alkyl halides is 3. The Balaban J connectivity index is 1.56. The molecule has 1 fully saturated rings. The second-order valence-corrected chi connectivity index (χ2v) is 8.32. The second-order valence-electron chi connectivity index (χ2n) is 8.32. The van der Waals surface area contributed by atoms with E-state index < -0.39 is 11.7 Å². The van der Waals surface area contributed by atoms with E-state index in [4.69, 9.17) is 0 Å². The molecule has 3 aromatic rings. The number of carbonyl (C=O) groups excluding carboxylic acids is 1. The van der Waals surface area contributed by atoms with Crippen LogP contribution in [0, 0.1) is 0 Å². The first-order chi connectivity index (χ1) is 15.8. The molecular formula is C25H27F3N4O. The van der Waals surface area contributed by atoms with Crippen LogP contribution in [-0.2, 0) is 6.18 Å². The molecule has 8 heteroatoms. The fraction of sp³-hybridized carbons (Fsp3) is 0.320. The van der Waals surface area contributed by atoms with E-state index in [2.05, 4.69) is 27.1 Å². The highest BCUT2D eigenvalue weighted by Crippen LogP contribution is 2.34. The Labute approximate surface area is 191 Å². The minimum Gasteiger partial charge on any atom is -0.354 e. The maximum Gasteiger partial charge on any atom is 0.416 e. The Morgan fingerprint density at radius 2 is 1.67 bits per heavy atom. The summed E-state index contributed by atoms with van der Waals surface area (Å²) in [7, 11) is 2.10. The van der Waals surface area contributed by atoms with Gasteiger partial charge in [0, 0.05) is 45.0 Å². The molecule has 4 rings (SSSR count). The van der Waals surface area contributed by atoms with Gasteiger partial charge in [-0.15, -0.1) is 0 Å². The van der Waals surface area contributed by atoms with Crippen molar-refractivity contribution in [1.82, 2.24) is 20.1 Å². The number of amides is 1. The van der Waals surface area contributed by atoms with E-state index in [1.165, 1.54) is 6.07 Å². The van der Waals surface area contributed by atoms with Crippen LogP contribution < -0.4 is 5.32 Å². The molecule has 1 aliphatic heterocycles. The van der Waals surface area contributed by atoms with E-state index in [9.17, 15) is 18.0 Å². The van der Waals surface area contributed by atoms with Gasteiger partial charge in [0.25, 0.3) is 5.91 Å². The van der Waals surface area contributed by atoms with Crippen molar-refractivity contribution >= 4 is 5.91 Å². The molecule has 1 aliphatic rings. The molecular weight excluding hydrogens is 429 g/mol. The van der Waals surface area contributed by atoms with Crippen LogP contribution in [0.25, 0.3) is 22.5 Å². The van der Waals surface area contributed by atoms with Crippen LogP contribution in [0.2, 0.25) is 0 Å². The molecule has 2 heterocycles. The van der Waals surface area contributed by atoms with Gasteiger partial charge in [0.2, 0.25) is 0 Å². The molecule has 5 nitrogen and oxygen atoms in total. The van der Waals surface area contributed by atoms with E-state index in [0.717, 1.165) is 50.4 Å². The summed E-state index contributed by atoms with van der Waals surface area (Å²) in [5, 5.41) is 2.97. The number of likely N-dealkylation sites (N-methyl/N-ethyl adjacent to an activating group) is 1. The number of hydrogen-bond acceptors (Lipinski definition) is 3. The van der Waals surface area contributed by atoms with Gasteiger partial charge in [0.15, 0.2) is 0 Å². The summed E-state index contributed by atoms with van der Waals surface area (Å²) in [4.78, 5) is 20.8. The summed E-state index contributed by atoms with van der Waals surface area (Å²) in [6.07, 6.45) is -4.44. The number of nitrogens with one attached hydrogen (secondary N) is 2. The van der Waals surface area contributed by atoms with Crippen LogP contribution in [0.4, 0.5) is 13.2 Å². The van der Waals surface area contributed by atoms with Gasteiger partial charge in [-0.3, -0.25) is 9.69 Å². The zero-order valence-corrected chi connectivity index (χ0v) is 18.5. The van der Waals surface area contributed by atoms with Crippen LogP contribution in [0.1, 0.15) is 15.9 Å². The van der Waals surface area contributed by atoms with Crippen molar-refractivity contribution in [2.45, 2.75) is 6.18 Å². The molecule has 1 amide bonds. The van der Waals surface area contributed by atoms with E-state index in [-0.39, 0.29) is 5.91 Å². The Kier molecular flexibility index (Phi) is 6.85. The third-order valence-electron chi connectivity index (χ3n) is 5.94. The lowest BCUT2D eigenvalue weighted by atomic mass is 10.1. The van der Waals surface area contributed by atoms with Gasteiger partial charge in [-0.2, -0.15) is 13.2 Å². The Hall–Kier alpha value is -3.10. The van der Waals surface area contributed by atoms with Crippen molar-refractivity contribution in [3.63, 3.8) is 0 Å². The quantitative estimate of drug-likeness (QED) is 0.580. The predicted octanol–water partition coefficient (Wildman–Crippen LogP) is 4.34. The SMILES string of the molecule is CN1CCN(CCNC(=O)c2cc(-c3cccc(C(F)(F)F)c3)[nH]c2-c2ccccc2)CC1. The molecule has 33 heavy (non-hydrogen) atoms. The number of halogens is 3. The van der Waals surface area contributed by atoms with Crippen LogP contribution in [0.15, 0.2) is 60.7 Å². The molecule has 1 saturated heterocycles. The van der Waals surface area contributed by atoms with Gasteiger partial charge < -0.3 is 15.2 Å². The first kappa shape index (κ1) is 23.1. The number of benzene rings is 2. The molecule has 0 radical (unpaired) electrons. The number of piperazine rings is 1. The van der Waals surface area contributed by atoms with Crippen LogP contribution in [0.5, 0.6) is 0 Å². The molecule has 2 aromatic carbocycles. The minimum absolute atomic E-state index is 0.252. The van der Waals surface area contributed by atoms with Crippen molar-refractivity contribution < 1.29 is 18.0 Å². The highest BCUT2D eigenvalue weighted by Gasteiger charge is 2.30. The van der Waals surface area contributed by atoms with Crippen LogP contribution >= 0.6 is 0 Å². The van der Waals surface area contributed by atoms with Gasteiger partial charge in [-0.05, 0) is 36.4 Å². The van der Waals surface area contributed by atoms with E-state index in [1.807, 2.05) is 30.3 Å². The number of aromatic nitrogens is 1. The van der Waals surface area contributed by atoms with Gasteiger partial charge in [0.05, 0.1) is 16.8 Å². The van der Waals surface area contributed by atoms with Crippen LogP contribution in [-0.4, -0.2) is 67.0 Å². The van der Waals surface area contributed by atoms with E-state index in [0.29, 0.717) is 29.1 Å². The summed E-state index contributed by atoms with van der Waals surface area (Å²) < 4.78 is 39.6. The van der Waals surface area contributed by atoms with E-state index in [1.54, 1.807) is 12.1 Å². The zero-order chi connectivity index (χ0) is 23.4. The Bertz CT molecular complexity index is 1090. The smallest absolute Gasteiger partial charge is 0.354 e. The average molecular weight is 457 g/mol. The molecule has 0 aliphatic carbocycles. The predicted molar refractivity (Wildman–Crippen MR) is 123 cm³/mol. The molecule has 0 saturated carbocycles. The molecule has 2 N–H and O–H groups in total. The van der Waals surface area contributed by atoms with Crippen molar-refractivity contribution in [2.75, 3.05) is 46.3 Å². The average Bonchev–Trinajstić information content (AvgIpc) is 3.26. The lowest BCUT2D eigenvalue weighted by molar-refractivity contribution is -0.137. The summed E-state index contributed by atoms with van der Waals surface area (Å²) in [6, 6.07) is 16.0. The molecule has 0 spiro atoms. The van der Waals surface area contributed by atoms with Gasteiger partial charge in [-0.1, -0.05) is 42.5 Å². The minimum atomic E-state index is -4.44. The second kappa shape index (κ2) is 9.80. The van der Waals surface area contributed by atoms with Crippen molar-refractivity contribution in [3.8, 4) is 22.5 Å². The fourth-order valence-corrected chi connectivity index (χ4v) is 3.98. The number of rotatable bonds is 6. The number of carbonyl (C=O) groups is 1. The zero-order valence-electron chi connectivity index (χ0n) is 18.5. The normalized spacial score (nSPS) is 15.5. The third kappa shape index (κ3) is 5.64. The third-order valence-corrected chi connectivity index (χ3v) is 5.94. The van der Waals surface area contributed by atoms with Crippen LogP contribution in [0.3, 0.4) is 0 Å². The lowest BCUT2D eigenvalue weighted by Crippen LogP contribution is -2.46. The summed E-state index contributed by atoms with van der Waals surface area (Å²) in [5.74, 6) is -0.252. The maximum atomic E-state index is 13.2. The summed E-state index contributed by atoms with van der Waals surface area (Å²) in [6.45, 7) is 5.19. The Morgan fingerprint density at radius 3 is 2.36 bits per heavy atom. The first-order valence-electron chi connectivity index (χ1n) is 11.0. The maximum absolute atomic E-state index is 13.2. The largest absolute Gasteiger partial charge is 0.416 e.